The summed E-state index contributed by atoms with van der Waals surface area (Å²) in [6.07, 6.45) is 3.88. The van der Waals surface area contributed by atoms with Gasteiger partial charge in [-0.05, 0) is 54.7 Å². The zero-order valence-corrected chi connectivity index (χ0v) is 18.3. The van der Waals surface area contributed by atoms with Crippen molar-refractivity contribution in [3.8, 4) is 5.69 Å². The van der Waals surface area contributed by atoms with Gasteiger partial charge in [0.2, 0.25) is 5.91 Å². The van der Waals surface area contributed by atoms with Crippen LogP contribution < -0.4 is 11.2 Å². The SMILES string of the molecule is CC(C)Cc1csc2c1c(=O)n(-c1ccccc1)c(=O)n2CC(=O)N1CCCCC1. The number of likely N-dealkylation sites (tertiary alicyclic amines) is 1. The molecule has 158 valence electrons. The van der Waals surface area contributed by atoms with Crippen molar-refractivity contribution in [3.63, 3.8) is 0 Å². The monoisotopic (exact) mass is 425 g/mol. The predicted molar refractivity (Wildman–Crippen MR) is 121 cm³/mol. The van der Waals surface area contributed by atoms with E-state index in [2.05, 4.69) is 13.8 Å². The Morgan fingerprint density at radius 2 is 1.77 bits per heavy atom. The Morgan fingerprint density at radius 3 is 2.43 bits per heavy atom. The summed E-state index contributed by atoms with van der Waals surface area (Å²) in [5.74, 6) is 0.318. The second-order valence-electron chi connectivity index (χ2n) is 8.33. The summed E-state index contributed by atoms with van der Waals surface area (Å²) in [6, 6.07) is 8.95. The van der Waals surface area contributed by atoms with Crippen molar-refractivity contribution in [1.29, 1.82) is 0 Å². The highest BCUT2D eigenvalue weighted by Gasteiger charge is 2.23. The van der Waals surface area contributed by atoms with Gasteiger partial charge in [-0.15, -0.1) is 11.3 Å². The van der Waals surface area contributed by atoms with Gasteiger partial charge < -0.3 is 4.90 Å². The Bertz CT molecular complexity index is 1170. The number of carbonyl (C=O) groups is 1. The van der Waals surface area contributed by atoms with Crippen LogP contribution in [0.3, 0.4) is 0 Å². The molecule has 1 aliphatic heterocycles. The molecule has 0 unspecified atom stereocenters. The lowest BCUT2D eigenvalue weighted by atomic mass is 10.0. The number of piperidine rings is 1. The van der Waals surface area contributed by atoms with Crippen LogP contribution in [-0.4, -0.2) is 33.0 Å². The summed E-state index contributed by atoms with van der Waals surface area (Å²) in [7, 11) is 0. The van der Waals surface area contributed by atoms with Gasteiger partial charge in [0.25, 0.3) is 5.56 Å². The van der Waals surface area contributed by atoms with Crippen LogP contribution in [-0.2, 0) is 17.8 Å². The average molecular weight is 426 g/mol. The number of aromatic nitrogens is 2. The molecule has 1 aromatic carbocycles. The molecule has 1 amide bonds. The van der Waals surface area contributed by atoms with E-state index in [-0.39, 0.29) is 18.0 Å². The number of hydrogen-bond donors (Lipinski definition) is 0. The van der Waals surface area contributed by atoms with Crippen molar-refractivity contribution in [2.45, 2.75) is 46.1 Å². The van der Waals surface area contributed by atoms with Gasteiger partial charge in [-0.25, -0.2) is 9.36 Å². The van der Waals surface area contributed by atoms with E-state index < -0.39 is 5.69 Å². The van der Waals surface area contributed by atoms with Gasteiger partial charge in [0.05, 0.1) is 11.1 Å². The Labute approximate surface area is 179 Å². The molecule has 0 bridgehead atoms. The minimum atomic E-state index is -0.456. The van der Waals surface area contributed by atoms with Crippen molar-refractivity contribution in [1.82, 2.24) is 14.0 Å². The Kier molecular flexibility index (Phi) is 5.90. The first-order valence-electron chi connectivity index (χ1n) is 10.6. The number of thiophene rings is 1. The molecule has 1 fully saturated rings. The van der Waals surface area contributed by atoms with Gasteiger partial charge in [-0.1, -0.05) is 32.0 Å². The van der Waals surface area contributed by atoms with Crippen LogP contribution in [0.2, 0.25) is 0 Å². The number of hydrogen-bond acceptors (Lipinski definition) is 4. The molecule has 0 spiro atoms. The summed E-state index contributed by atoms with van der Waals surface area (Å²) in [5.41, 5.74) is 0.705. The van der Waals surface area contributed by atoms with Gasteiger partial charge in [0.1, 0.15) is 11.4 Å². The molecule has 0 atom stereocenters. The lowest BCUT2D eigenvalue weighted by Gasteiger charge is -2.27. The van der Waals surface area contributed by atoms with E-state index in [0.29, 0.717) is 21.8 Å². The lowest BCUT2D eigenvalue weighted by molar-refractivity contribution is -0.132. The Balaban J connectivity index is 1.90. The fourth-order valence-corrected chi connectivity index (χ4v) is 5.20. The maximum atomic E-state index is 13.4. The van der Waals surface area contributed by atoms with Crippen molar-refractivity contribution < 1.29 is 4.79 Å². The predicted octanol–water partition coefficient (Wildman–Crippen LogP) is 3.42. The van der Waals surface area contributed by atoms with E-state index in [1.165, 1.54) is 20.5 Å². The highest BCUT2D eigenvalue weighted by molar-refractivity contribution is 7.17. The van der Waals surface area contributed by atoms with Crippen molar-refractivity contribution in [3.05, 3.63) is 62.1 Å². The van der Waals surface area contributed by atoms with Crippen LogP contribution in [0.25, 0.3) is 15.9 Å². The minimum Gasteiger partial charge on any atom is -0.341 e. The van der Waals surface area contributed by atoms with E-state index >= 15 is 0 Å². The summed E-state index contributed by atoms with van der Waals surface area (Å²) in [5, 5.41) is 2.52. The number of rotatable bonds is 5. The van der Waals surface area contributed by atoms with Crippen LogP contribution >= 0.6 is 11.3 Å². The van der Waals surface area contributed by atoms with Gasteiger partial charge in [0.15, 0.2) is 0 Å². The molecule has 0 saturated carbocycles. The first kappa shape index (κ1) is 20.6. The zero-order valence-electron chi connectivity index (χ0n) is 17.5. The lowest BCUT2D eigenvalue weighted by Crippen LogP contribution is -2.43. The molecule has 2 aromatic heterocycles. The van der Waals surface area contributed by atoms with Gasteiger partial charge in [0, 0.05) is 13.1 Å². The third-order valence-corrected chi connectivity index (χ3v) is 6.63. The molecule has 3 heterocycles. The number of nitrogens with zero attached hydrogens (tertiary/aromatic N) is 3. The molecule has 1 saturated heterocycles. The largest absolute Gasteiger partial charge is 0.341 e. The van der Waals surface area contributed by atoms with E-state index in [9.17, 15) is 14.4 Å². The van der Waals surface area contributed by atoms with E-state index in [4.69, 9.17) is 0 Å². The summed E-state index contributed by atoms with van der Waals surface area (Å²) in [4.78, 5) is 42.2. The average Bonchev–Trinajstić information content (AvgIpc) is 3.15. The second-order valence-corrected chi connectivity index (χ2v) is 9.18. The van der Waals surface area contributed by atoms with E-state index in [1.54, 1.807) is 24.3 Å². The van der Waals surface area contributed by atoms with Gasteiger partial charge in [-0.2, -0.15) is 0 Å². The molecule has 4 rings (SSSR count). The van der Waals surface area contributed by atoms with Crippen molar-refractivity contribution in [2.24, 2.45) is 5.92 Å². The molecular formula is C23H27N3O3S. The number of carbonyl (C=O) groups excluding carboxylic acids is 1. The molecule has 0 radical (unpaired) electrons. The van der Waals surface area contributed by atoms with Crippen LogP contribution in [0.5, 0.6) is 0 Å². The van der Waals surface area contributed by atoms with Crippen LogP contribution in [0.1, 0.15) is 38.7 Å². The van der Waals surface area contributed by atoms with E-state index in [0.717, 1.165) is 44.3 Å². The molecule has 0 aliphatic carbocycles. The van der Waals surface area contributed by atoms with Crippen LogP contribution in [0.4, 0.5) is 0 Å². The van der Waals surface area contributed by atoms with Crippen molar-refractivity contribution >= 4 is 27.5 Å². The Hall–Kier alpha value is -2.67. The minimum absolute atomic E-state index is 0.0376. The van der Waals surface area contributed by atoms with E-state index in [1.807, 2.05) is 16.3 Å². The fraction of sp³-hybridized carbons (Fsp3) is 0.435. The maximum absolute atomic E-state index is 13.4. The number of amides is 1. The summed E-state index contributed by atoms with van der Waals surface area (Å²) < 4.78 is 2.71. The normalized spacial score (nSPS) is 14.6. The standard InChI is InChI=1S/C23H27N3O3S/c1-16(2)13-17-15-30-22-20(17)21(28)26(18-9-5-3-6-10-18)23(29)25(22)14-19(27)24-11-7-4-8-12-24/h3,5-6,9-10,15-16H,4,7-8,11-14H2,1-2H3. The number of para-hydroxylation sites is 1. The molecule has 1 aliphatic rings. The molecule has 30 heavy (non-hydrogen) atoms. The number of fused-ring (bicyclic) bond motifs is 1. The summed E-state index contributed by atoms with van der Waals surface area (Å²) >= 11 is 1.38. The number of benzene rings is 1. The zero-order chi connectivity index (χ0) is 21.3. The molecular weight excluding hydrogens is 398 g/mol. The summed E-state index contributed by atoms with van der Waals surface area (Å²) in [6.45, 7) is 5.64. The maximum Gasteiger partial charge on any atom is 0.337 e. The third-order valence-electron chi connectivity index (χ3n) is 5.58. The van der Waals surface area contributed by atoms with Crippen LogP contribution in [0, 0.1) is 5.92 Å². The smallest absolute Gasteiger partial charge is 0.337 e. The second kappa shape index (κ2) is 8.60. The highest BCUT2D eigenvalue weighted by Crippen LogP contribution is 2.25. The topological polar surface area (TPSA) is 64.3 Å². The molecule has 7 heteroatoms. The Morgan fingerprint density at radius 1 is 1.07 bits per heavy atom. The first-order valence-corrected chi connectivity index (χ1v) is 11.4. The highest BCUT2D eigenvalue weighted by atomic mass is 32.1. The fourth-order valence-electron chi connectivity index (χ4n) is 4.13. The first-order chi connectivity index (χ1) is 14.5. The molecule has 3 aromatic rings. The quantitative estimate of drug-likeness (QED) is 0.629. The van der Waals surface area contributed by atoms with Gasteiger partial charge >= 0.3 is 5.69 Å². The van der Waals surface area contributed by atoms with Crippen LogP contribution in [0.15, 0.2) is 45.3 Å². The third kappa shape index (κ3) is 3.86. The van der Waals surface area contributed by atoms with Gasteiger partial charge in [-0.3, -0.25) is 14.2 Å². The molecule has 6 nitrogen and oxygen atoms in total. The van der Waals surface area contributed by atoms with Crippen molar-refractivity contribution in [2.75, 3.05) is 13.1 Å². The molecule has 0 N–H and O–H groups in total.